The normalized spacial score (nSPS) is 16.6. The van der Waals surface area contributed by atoms with Crippen LogP contribution in [0, 0.1) is 0 Å². The third kappa shape index (κ3) is 5.97. The molecule has 7 nitrogen and oxygen atoms in total. The second-order valence-electron chi connectivity index (χ2n) is 6.68. The van der Waals surface area contributed by atoms with Crippen molar-refractivity contribution in [3.05, 3.63) is 59.7 Å². The molecule has 1 aliphatic rings. The molecule has 0 aromatic heterocycles. The Morgan fingerprint density at radius 1 is 1.20 bits per heavy atom. The molecular weight excluding hydrogens is 418 g/mol. The van der Waals surface area contributed by atoms with Gasteiger partial charge in [0.1, 0.15) is 5.75 Å². The van der Waals surface area contributed by atoms with Gasteiger partial charge in [-0.05, 0) is 37.1 Å². The predicted octanol–water partition coefficient (Wildman–Crippen LogP) is 2.68. The number of para-hydroxylation sites is 1. The molecule has 0 bridgehead atoms. The molecular formula is C20H22F2N2O5S. The maximum Gasteiger partial charge on any atom is 0.387 e. The molecule has 3 rings (SSSR count). The Balaban J connectivity index is 1.64. The van der Waals surface area contributed by atoms with Crippen molar-refractivity contribution in [2.75, 3.05) is 13.2 Å². The van der Waals surface area contributed by atoms with Crippen LogP contribution in [0.3, 0.4) is 0 Å². The van der Waals surface area contributed by atoms with Gasteiger partial charge in [0.15, 0.2) is 0 Å². The lowest BCUT2D eigenvalue weighted by atomic mass is 10.1. The average Bonchev–Trinajstić information content (AvgIpc) is 3.25. The van der Waals surface area contributed by atoms with Gasteiger partial charge in [-0.2, -0.15) is 8.78 Å². The number of halogens is 2. The molecule has 1 heterocycles. The molecule has 10 heteroatoms. The summed E-state index contributed by atoms with van der Waals surface area (Å²) in [5, 5.41) is 2.59. The van der Waals surface area contributed by atoms with Crippen molar-refractivity contribution in [2.24, 2.45) is 0 Å². The summed E-state index contributed by atoms with van der Waals surface area (Å²) in [5.74, 6) is -0.583. The average molecular weight is 440 g/mol. The first kappa shape index (κ1) is 22.1. The minimum absolute atomic E-state index is 0.0394. The highest BCUT2D eigenvalue weighted by Gasteiger charge is 2.21. The molecule has 2 N–H and O–H groups in total. The van der Waals surface area contributed by atoms with E-state index in [-0.39, 0.29) is 35.4 Å². The summed E-state index contributed by atoms with van der Waals surface area (Å²) in [4.78, 5) is 12.4. The Morgan fingerprint density at radius 3 is 2.73 bits per heavy atom. The maximum absolute atomic E-state index is 12.5. The van der Waals surface area contributed by atoms with Crippen molar-refractivity contribution in [1.29, 1.82) is 0 Å². The van der Waals surface area contributed by atoms with E-state index in [1.165, 1.54) is 30.3 Å². The fourth-order valence-electron chi connectivity index (χ4n) is 3.03. The van der Waals surface area contributed by atoms with Crippen LogP contribution in [0.4, 0.5) is 8.78 Å². The van der Waals surface area contributed by atoms with Gasteiger partial charge >= 0.3 is 6.61 Å². The number of hydrogen-bond donors (Lipinski definition) is 2. The van der Waals surface area contributed by atoms with Gasteiger partial charge in [-0.25, -0.2) is 13.1 Å². The molecule has 162 valence electrons. The zero-order valence-electron chi connectivity index (χ0n) is 16.0. The number of amides is 1. The summed E-state index contributed by atoms with van der Waals surface area (Å²) in [6.45, 7) is -2.26. The first-order valence-electron chi connectivity index (χ1n) is 9.37. The zero-order chi connectivity index (χ0) is 21.6. The largest absolute Gasteiger partial charge is 0.434 e. The summed E-state index contributed by atoms with van der Waals surface area (Å²) >= 11 is 0. The van der Waals surface area contributed by atoms with E-state index < -0.39 is 22.5 Å². The topological polar surface area (TPSA) is 93.7 Å². The Labute approximate surface area is 173 Å². The molecule has 1 atom stereocenters. The van der Waals surface area contributed by atoms with Gasteiger partial charge in [-0.3, -0.25) is 4.79 Å². The van der Waals surface area contributed by atoms with Crippen molar-refractivity contribution in [3.8, 4) is 5.75 Å². The van der Waals surface area contributed by atoms with E-state index in [2.05, 4.69) is 14.8 Å². The quantitative estimate of drug-likeness (QED) is 0.625. The number of ether oxygens (including phenoxy) is 2. The number of alkyl halides is 2. The fraction of sp³-hybridized carbons (Fsp3) is 0.350. The SMILES string of the molecule is O=C(NCc1ccccc1OC(F)F)c1cccc(S(=O)(=O)NCC2CCCO2)c1. The van der Waals surface area contributed by atoms with Gasteiger partial charge in [0.25, 0.3) is 5.91 Å². The Hall–Kier alpha value is -2.56. The number of carbonyl (C=O) groups excluding carboxylic acids is 1. The number of hydrogen-bond acceptors (Lipinski definition) is 5. The maximum atomic E-state index is 12.5. The van der Waals surface area contributed by atoms with Gasteiger partial charge < -0.3 is 14.8 Å². The van der Waals surface area contributed by atoms with Crippen molar-refractivity contribution < 1.29 is 31.5 Å². The molecule has 2 aromatic carbocycles. The molecule has 0 saturated carbocycles. The molecule has 0 radical (unpaired) electrons. The molecule has 1 aliphatic heterocycles. The van der Waals surface area contributed by atoms with E-state index in [0.717, 1.165) is 12.8 Å². The van der Waals surface area contributed by atoms with Crippen LogP contribution in [0.2, 0.25) is 0 Å². The second kappa shape index (κ2) is 9.96. The van der Waals surface area contributed by atoms with Gasteiger partial charge in [-0.15, -0.1) is 0 Å². The number of benzene rings is 2. The van der Waals surface area contributed by atoms with Gasteiger partial charge in [-0.1, -0.05) is 24.3 Å². The van der Waals surface area contributed by atoms with E-state index in [9.17, 15) is 22.0 Å². The summed E-state index contributed by atoms with van der Waals surface area (Å²) < 4.78 is 62.3. The van der Waals surface area contributed by atoms with Crippen LogP contribution in [-0.4, -0.2) is 40.2 Å². The standard InChI is InChI=1S/C20H22F2N2O5S/c21-20(22)29-18-9-2-1-5-15(18)12-23-19(25)14-6-3-8-17(11-14)30(26,27)24-13-16-7-4-10-28-16/h1-3,5-6,8-9,11,16,20,24H,4,7,10,12-13H2,(H,23,25). The van der Waals surface area contributed by atoms with Gasteiger partial charge in [0.05, 0.1) is 11.0 Å². The highest BCUT2D eigenvalue weighted by Crippen LogP contribution is 2.20. The molecule has 1 fully saturated rings. The number of sulfonamides is 1. The zero-order valence-corrected chi connectivity index (χ0v) is 16.8. The fourth-order valence-corrected chi connectivity index (χ4v) is 4.15. The minimum Gasteiger partial charge on any atom is -0.434 e. The molecule has 2 aromatic rings. The third-order valence-corrected chi connectivity index (χ3v) is 5.98. The van der Waals surface area contributed by atoms with E-state index in [0.29, 0.717) is 12.2 Å². The summed E-state index contributed by atoms with van der Waals surface area (Å²) in [5.41, 5.74) is 0.496. The molecule has 0 aliphatic carbocycles. The lowest BCUT2D eigenvalue weighted by Crippen LogP contribution is -2.32. The summed E-state index contributed by atoms with van der Waals surface area (Å²) in [6, 6.07) is 11.7. The van der Waals surface area contributed by atoms with Crippen LogP contribution in [0.5, 0.6) is 5.75 Å². The van der Waals surface area contributed by atoms with Crippen molar-refractivity contribution in [1.82, 2.24) is 10.0 Å². The van der Waals surface area contributed by atoms with Crippen molar-refractivity contribution in [2.45, 2.75) is 37.0 Å². The lowest BCUT2D eigenvalue weighted by Gasteiger charge is -2.13. The van der Waals surface area contributed by atoms with Crippen LogP contribution in [0.1, 0.15) is 28.8 Å². The third-order valence-electron chi connectivity index (χ3n) is 4.56. The van der Waals surface area contributed by atoms with Crippen molar-refractivity contribution >= 4 is 15.9 Å². The van der Waals surface area contributed by atoms with Crippen molar-refractivity contribution in [3.63, 3.8) is 0 Å². The van der Waals surface area contributed by atoms with E-state index in [1.807, 2.05) is 0 Å². The first-order chi connectivity index (χ1) is 14.3. The van der Waals surface area contributed by atoms with E-state index in [4.69, 9.17) is 4.74 Å². The number of carbonyl (C=O) groups is 1. The van der Waals surface area contributed by atoms with Crippen LogP contribution < -0.4 is 14.8 Å². The van der Waals surface area contributed by atoms with E-state index in [1.54, 1.807) is 18.2 Å². The highest BCUT2D eigenvalue weighted by molar-refractivity contribution is 7.89. The number of rotatable bonds is 9. The van der Waals surface area contributed by atoms with E-state index >= 15 is 0 Å². The first-order valence-corrected chi connectivity index (χ1v) is 10.9. The minimum atomic E-state index is -3.80. The second-order valence-corrected chi connectivity index (χ2v) is 8.45. The molecule has 0 spiro atoms. The Morgan fingerprint density at radius 2 is 2.00 bits per heavy atom. The molecule has 1 amide bonds. The van der Waals surface area contributed by atoms with Gasteiger partial charge in [0.2, 0.25) is 10.0 Å². The van der Waals surface area contributed by atoms with Crippen LogP contribution in [0.25, 0.3) is 0 Å². The Bertz CT molecular complexity index is 979. The highest BCUT2D eigenvalue weighted by atomic mass is 32.2. The van der Waals surface area contributed by atoms with Crippen LogP contribution in [0.15, 0.2) is 53.4 Å². The molecule has 30 heavy (non-hydrogen) atoms. The molecule has 1 unspecified atom stereocenters. The predicted molar refractivity (Wildman–Crippen MR) is 105 cm³/mol. The van der Waals surface area contributed by atoms with Gasteiger partial charge in [0, 0.05) is 30.8 Å². The Kier molecular flexibility index (Phi) is 7.35. The smallest absolute Gasteiger partial charge is 0.387 e. The lowest BCUT2D eigenvalue weighted by molar-refractivity contribution is -0.0504. The van der Waals surface area contributed by atoms with Crippen LogP contribution in [-0.2, 0) is 21.3 Å². The summed E-state index contributed by atoms with van der Waals surface area (Å²) in [7, 11) is -3.80. The molecule has 1 saturated heterocycles. The number of nitrogens with one attached hydrogen (secondary N) is 2. The van der Waals surface area contributed by atoms with Crippen LogP contribution >= 0.6 is 0 Å². The monoisotopic (exact) mass is 440 g/mol. The summed E-state index contributed by atoms with van der Waals surface area (Å²) in [6.07, 6.45) is 1.54.